The fourth-order valence-electron chi connectivity index (χ4n) is 3.21. The van der Waals surface area contributed by atoms with Crippen molar-refractivity contribution in [3.8, 4) is 5.75 Å². The quantitative estimate of drug-likeness (QED) is 0.802. The lowest BCUT2D eigenvalue weighted by Crippen LogP contribution is -2.53. The molecule has 0 bridgehead atoms. The number of nitrogens with zero attached hydrogens (tertiary/aromatic N) is 2. The van der Waals surface area contributed by atoms with Gasteiger partial charge >= 0.3 is 12.6 Å². The largest absolute Gasteiger partial charge is 0.435 e. The van der Waals surface area contributed by atoms with Crippen molar-refractivity contribution in [1.29, 1.82) is 0 Å². The topological polar surface area (TPSA) is 61.9 Å². The van der Waals surface area contributed by atoms with Crippen LogP contribution in [0, 0.1) is 5.82 Å². The number of rotatable bonds is 5. The number of urea groups is 1. The second-order valence-electron chi connectivity index (χ2n) is 6.91. The number of nitrogens with one attached hydrogen (secondary N) is 1. The van der Waals surface area contributed by atoms with Crippen molar-refractivity contribution in [1.82, 2.24) is 15.1 Å². The van der Waals surface area contributed by atoms with Gasteiger partial charge in [0, 0.05) is 31.7 Å². The lowest BCUT2D eigenvalue weighted by molar-refractivity contribution is -0.0498. The summed E-state index contributed by atoms with van der Waals surface area (Å²) >= 11 is 0. The maximum Gasteiger partial charge on any atom is 0.387 e. The number of carbonyl (C=O) groups is 2. The van der Waals surface area contributed by atoms with E-state index >= 15 is 0 Å². The molecule has 0 radical (unpaired) electrons. The lowest BCUT2D eigenvalue weighted by Gasteiger charge is -2.35. The van der Waals surface area contributed by atoms with Gasteiger partial charge < -0.3 is 19.9 Å². The highest BCUT2D eigenvalue weighted by Crippen LogP contribution is 2.19. The molecule has 2 aromatic rings. The summed E-state index contributed by atoms with van der Waals surface area (Å²) < 4.78 is 42.1. The third kappa shape index (κ3) is 5.43. The molecular formula is C21H22F3N3O3. The van der Waals surface area contributed by atoms with Crippen LogP contribution in [-0.2, 0) is 0 Å². The average Bonchev–Trinajstić information content (AvgIpc) is 2.73. The van der Waals surface area contributed by atoms with Gasteiger partial charge in [-0.15, -0.1) is 0 Å². The lowest BCUT2D eigenvalue weighted by atomic mass is 10.1. The number of hydrogen-bond donors (Lipinski definition) is 1. The summed E-state index contributed by atoms with van der Waals surface area (Å²) in [5.74, 6) is -0.693. The summed E-state index contributed by atoms with van der Waals surface area (Å²) in [4.78, 5) is 28.2. The van der Waals surface area contributed by atoms with Gasteiger partial charge in [0.25, 0.3) is 5.91 Å². The van der Waals surface area contributed by atoms with Crippen LogP contribution in [-0.4, -0.2) is 54.5 Å². The van der Waals surface area contributed by atoms with Crippen molar-refractivity contribution in [2.75, 3.05) is 26.2 Å². The Hall–Kier alpha value is -3.23. The predicted octanol–water partition coefficient (Wildman–Crippen LogP) is 3.66. The molecule has 1 heterocycles. The molecule has 1 N–H and O–H groups in total. The third-order valence-electron chi connectivity index (χ3n) is 4.87. The maximum absolute atomic E-state index is 13.3. The Morgan fingerprint density at radius 1 is 1.00 bits per heavy atom. The van der Waals surface area contributed by atoms with Crippen LogP contribution in [0.1, 0.15) is 28.9 Å². The van der Waals surface area contributed by atoms with Crippen LogP contribution >= 0.6 is 0 Å². The van der Waals surface area contributed by atoms with Gasteiger partial charge in [0.05, 0.1) is 6.04 Å². The van der Waals surface area contributed by atoms with E-state index in [1.54, 1.807) is 34.9 Å². The minimum atomic E-state index is -2.89. The van der Waals surface area contributed by atoms with Crippen LogP contribution < -0.4 is 10.1 Å². The molecule has 30 heavy (non-hydrogen) atoms. The maximum atomic E-state index is 13.3. The van der Waals surface area contributed by atoms with Gasteiger partial charge in [0.15, 0.2) is 0 Å². The molecule has 0 saturated carbocycles. The SMILES string of the molecule is CC(NC(=O)N1CCN(C(=O)c2cccc(F)c2)CC1)c1ccc(OC(F)F)cc1. The standard InChI is InChI=1S/C21H22F3N3O3/c1-14(15-5-7-18(8-6-15)30-20(23)24)25-21(29)27-11-9-26(10-12-27)19(28)16-3-2-4-17(22)13-16/h2-8,13-14,20H,9-12H2,1H3,(H,25,29). The van der Waals surface area contributed by atoms with E-state index in [0.717, 1.165) is 5.56 Å². The average molecular weight is 421 g/mol. The first-order chi connectivity index (χ1) is 14.3. The first-order valence-electron chi connectivity index (χ1n) is 9.48. The van der Waals surface area contributed by atoms with Crippen LogP contribution in [0.5, 0.6) is 5.75 Å². The van der Waals surface area contributed by atoms with E-state index in [9.17, 15) is 22.8 Å². The minimum absolute atomic E-state index is 0.0476. The molecule has 3 amide bonds. The van der Waals surface area contributed by atoms with Crippen molar-refractivity contribution >= 4 is 11.9 Å². The Balaban J connectivity index is 1.50. The molecule has 1 fully saturated rings. The van der Waals surface area contributed by atoms with Gasteiger partial charge in [0.1, 0.15) is 11.6 Å². The Morgan fingerprint density at radius 3 is 2.23 bits per heavy atom. The molecule has 3 rings (SSSR count). The number of benzene rings is 2. The van der Waals surface area contributed by atoms with E-state index < -0.39 is 12.4 Å². The number of piperazine rings is 1. The number of ether oxygens (including phenoxy) is 1. The van der Waals surface area contributed by atoms with Crippen molar-refractivity contribution in [3.63, 3.8) is 0 Å². The van der Waals surface area contributed by atoms with Crippen molar-refractivity contribution in [2.24, 2.45) is 0 Å². The number of carbonyl (C=O) groups excluding carboxylic acids is 2. The molecular weight excluding hydrogens is 399 g/mol. The summed E-state index contributed by atoms with van der Waals surface area (Å²) in [6, 6.07) is 10.9. The van der Waals surface area contributed by atoms with Crippen LogP contribution in [0.25, 0.3) is 0 Å². The third-order valence-corrected chi connectivity index (χ3v) is 4.87. The molecule has 0 aromatic heterocycles. The molecule has 1 aliphatic rings. The second-order valence-corrected chi connectivity index (χ2v) is 6.91. The number of halogens is 3. The summed E-state index contributed by atoms with van der Waals surface area (Å²) in [7, 11) is 0. The molecule has 1 unspecified atom stereocenters. The van der Waals surface area contributed by atoms with E-state index in [1.165, 1.54) is 30.3 Å². The Kier molecular flexibility index (Phi) is 6.81. The van der Waals surface area contributed by atoms with Crippen LogP contribution in [0.3, 0.4) is 0 Å². The van der Waals surface area contributed by atoms with Gasteiger partial charge in [-0.3, -0.25) is 4.79 Å². The van der Waals surface area contributed by atoms with E-state index in [0.29, 0.717) is 26.2 Å². The normalized spacial score (nSPS) is 15.1. The van der Waals surface area contributed by atoms with E-state index in [-0.39, 0.29) is 29.3 Å². The van der Waals surface area contributed by atoms with E-state index in [1.807, 2.05) is 0 Å². The fraction of sp³-hybridized carbons (Fsp3) is 0.333. The molecule has 1 aliphatic heterocycles. The Bertz CT molecular complexity index is 885. The minimum Gasteiger partial charge on any atom is -0.435 e. The summed E-state index contributed by atoms with van der Waals surface area (Å²) in [6.45, 7) is 0.277. The highest BCUT2D eigenvalue weighted by Gasteiger charge is 2.25. The van der Waals surface area contributed by atoms with E-state index in [2.05, 4.69) is 10.1 Å². The van der Waals surface area contributed by atoms with Crippen molar-refractivity contribution in [2.45, 2.75) is 19.6 Å². The van der Waals surface area contributed by atoms with Crippen molar-refractivity contribution in [3.05, 3.63) is 65.5 Å². The Labute approximate surface area is 172 Å². The smallest absolute Gasteiger partial charge is 0.387 e. The van der Waals surface area contributed by atoms with Gasteiger partial charge in [0.2, 0.25) is 0 Å². The first-order valence-corrected chi connectivity index (χ1v) is 9.48. The van der Waals surface area contributed by atoms with Crippen molar-refractivity contribution < 1.29 is 27.5 Å². The highest BCUT2D eigenvalue weighted by atomic mass is 19.3. The van der Waals surface area contributed by atoms with Gasteiger partial charge in [-0.25, -0.2) is 9.18 Å². The predicted molar refractivity (Wildman–Crippen MR) is 104 cm³/mol. The zero-order valence-corrected chi connectivity index (χ0v) is 16.4. The number of alkyl halides is 2. The molecule has 6 nitrogen and oxygen atoms in total. The molecule has 2 aromatic carbocycles. The molecule has 1 atom stereocenters. The fourth-order valence-corrected chi connectivity index (χ4v) is 3.21. The monoisotopic (exact) mass is 421 g/mol. The number of amides is 3. The molecule has 0 aliphatic carbocycles. The first kappa shape index (κ1) is 21.5. The zero-order valence-electron chi connectivity index (χ0n) is 16.4. The Morgan fingerprint density at radius 2 is 1.63 bits per heavy atom. The summed E-state index contributed by atoms with van der Waals surface area (Å²) in [6.07, 6.45) is 0. The molecule has 160 valence electrons. The number of hydrogen-bond acceptors (Lipinski definition) is 3. The molecule has 0 spiro atoms. The van der Waals surface area contributed by atoms with Gasteiger partial charge in [-0.1, -0.05) is 18.2 Å². The zero-order chi connectivity index (χ0) is 21.7. The van der Waals surface area contributed by atoms with Crippen LogP contribution in [0.4, 0.5) is 18.0 Å². The molecule has 9 heteroatoms. The van der Waals surface area contributed by atoms with Gasteiger partial charge in [-0.2, -0.15) is 8.78 Å². The van der Waals surface area contributed by atoms with Crippen LogP contribution in [0.2, 0.25) is 0 Å². The molecule has 1 saturated heterocycles. The summed E-state index contributed by atoms with van der Waals surface area (Å²) in [5.41, 5.74) is 1.02. The van der Waals surface area contributed by atoms with Gasteiger partial charge in [-0.05, 0) is 42.8 Å². The summed E-state index contributed by atoms with van der Waals surface area (Å²) in [5, 5.41) is 2.85. The van der Waals surface area contributed by atoms with E-state index in [4.69, 9.17) is 0 Å². The van der Waals surface area contributed by atoms with Crippen LogP contribution in [0.15, 0.2) is 48.5 Å². The second kappa shape index (κ2) is 9.51. The highest BCUT2D eigenvalue weighted by molar-refractivity contribution is 5.94.